The molecule has 0 fully saturated rings. The van der Waals surface area contributed by atoms with Crippen molar-refractivity contribution in [3.63, 3.8) is 0 Å². The minimum atomic E-state index is -1.06. The fraction of sp³-hybridized carbons (Fsp3) is 0.474. The number of amides is 4. The standard InChI is InChI=1S/C19H26N4O5/c1-11(20-18(27)28-19(2,3)4)15(24)21-14-12-9-7-8-10-13(12)16(25)22(5)23(6)17(14)26/h7-11,14H,1-6H3,(H,20,27)(H,21,24)/t11-,14+/m0/s1. The molecule has 0 aliphatic carbocycles. The van der Waals surface area contributed by atoms with Gasteiger partial charge in [0.1, 0.15) is 17.7 Å². The van der Waals surface area contributed by atoms with Gasteiger partial charge >= 0.3 is 6.09 Å². The third kappa shape index (κ3) is 4.59. The summed E-state index contributed by atoms with van der Waals surface area (Å²) in [6, 6.07) is 4.58. The van der Waals surface area contributed by atoms with E-state index in [1.165, 1.54) is 26.0 Å². The number of alkyl carbamates (subject to hydrolysis) is 1. The Morgan fingerprint density at radius 1 is 1.11 bits per heavy atom. The molecule has 0 saturated carbocycles. The Balaban J connectivity index is 2.22. The molecular weight excluding hydrogens is 364 g/mol. The zero-order valence-electron chi connectivity index (χ0n) is 16.9. The number of nitrogens with one attached hydrogen (secondary N) is 2. The second-order valence-corrected chi connectivity index (χ2v) is 7.59. The topological polar surface area (TPSA) is 108 Å². The highest BCUT2D eigenvalue weighted by atomic mass is 16.6. The first kappa shape index (κ1) is 21.2. The summed E-state index contributed by atoms with van der Waals surface area (Å²) >= 11 is 0. The van der Waals surface area contributed by atoms with Crippen LogP contribution in [-0.4, -0.2) is 59.6 Å². The summed E-state index contributed by atoms with van der Waals surface area (Å²) in [6.45, 7) is 6.61. The van der Waals surface area contributed by atoms with Gasteiger partial charge in [0.2, 0.25) is 5.91 Å². The van der Waals surface area contributed by atoms with Gasteiger partial charge in [-0.15, -0.1) is 0 Å². The zero-order valence-corrected chi connectivity index (χ0v) is 16.9. The largest absolute Gasteiger partial charge is 0.444 e. The number of carbonyl (C=O) groups excluding carboxylic acids is 4. The maximum absolute atomic E-state index is 12.8. The fourth-order valence-electron chi connectivity index (χ4n) is 2.68. The number of hydrogen-bond donors (Lipinski definition) is 2. The third-order valence-corrected chi connectivity index (χ3v) is 4.23. The molecule has 2 N–H and O–H groups in total. The van der Waals surface area contributed by atoms with Crippen LogP contribution in [0.3, 0.4) is 0 Å². The number of fused-ring (bicyclic) bond motifs is 1. The lowest BCUT2D eigenvalue weighted by atomic mass is 9.99. The molecule has 152 valence electrons. The molecule has 1 aromatic rings. The lowest BCUT2D eigenvalue weighted by molar-refractivity contribution is -0.144. The van der Waals surface area contributed by atoms with Crippen LogP contribution in [0.1, 0.15) is 49.7 Å². The van der Waals surface area contributed by atoms with Crippen molar-refractivity contribution < 1.29 is 23.9 Å². The second kappa shape index (κ2) is 7.87. The van der Waals surface area contributed by atoms with Crippen molar-refractivity contribution in [3.05, 3.63) is 35.4 Å². The van der Waals surface area contributed by atoms with Crippen LogP contribution in [0, 0.1) is 0 Å². The zero-order chi connectivity index (χ0) is 21.2. The van der Waals surface area contributed by atoms with Gasteiger partial charge in [-0.1, -0.05) is 18.2 Å². The van der Waals surface area contributed by atoms with Crippen LogP contribution < -0.4 is 10.6 Å². The van der Waals surface area contributed by atoms with Crippen molar-refractivity contribution in [2.24, 2.45) is 0 Å². The normalized spacial score (nSPS) is 18.1. The summed E-state index contributed by atoms with van der Waals surface area (Å²) in [7, 11) is 2.93. The van der Waals surface area contributed by atoms with Gasteiger partial charge in [0.05, 0.1) is 0 Å². The molecule has 0 unspecified atom stereocenters. The SMILES string of the molecule is C[C@H](NC(=O)OC(C)(C)C)C(=O)N[C@H]1C(=O)N(C)N(C)C(=O)c2ccccc21. The molecule has 0 bridgehead atoms. The van der Waals surface area contributed by atoms with E-state index >= 15 is 0 Å². The molecule has 9 heteroatoms. The highest BCUT2D eigenvalue weighted by Gasteiger charge is 2.37. The van der Waals surface area contributed by atoms with E-state index in [9.17, 15) is 19.2 Å². The Hall–Kier alpha value is -3.10. The number of nitrogens with zero attached hydrogens (tertiary/aromatic N) is 2. The number of hydrazine groups is 1. The molecule has 0 saturated heterocycles. The van der Waals surface area contributed by atoms with Gasteiger partial charge in [-0.2, -0.15) is 0 Å². The van der Waals surface area contributed by atoms with Gasteiger partial charge in [0, 0.05) is 19.7 Å². The molecule has 2 rings (SSSR count). The number of benzene rings is 1. The molecule has 1 heterocycles. The maximum Gasteiger partial charge on any atom is 0.408 e. The molecule has 9 nitrogen and oxygen atoms in total. The first-order valence-electron chi connectivity index (χ1n) is 8.86. The quantitative estimate of drug-likeness (QED) is 0.807. The van der Waals surface area contributed by atoms with E-state index in [0.29, 0.717) is 11.1 Å². The fourth-order valence-corrected chi connectivity index (χ4v) is 2.68. The van der Waals surface area contributed by atoms with Crippen LogP contribution in [0.25, 0.3) is 0 Å². The van der Waals surface area contributed by atoms with E-state index in [0.717, 1.165) is 5.01 Å². The predicted octanol–water partition coefficient (Wildman–Crippen LogP) is 1.22. The van der Waals surface area contributed by atoms with Crippen molar-refractivity contribution in [2.75, 3.05) is 14.1 Å². The van der Waals surface area contributed by atoms with Crippen molar-refractivity contribution in [2.45, 2.75) is 45.4 Å². The Morgan fingerprint density at radius 2 is 1.71 bits per heavy atom. The molecule has 1 aliphatic rings. The first-order valence-corrected chi connectivity index (χ1v) is 8.86. The minimum absolute atomic E-state index is 0.320. The first-order chi connectivity index (χ1) is 12.9. The summed E-state index contributed by atoms with van der Waals surface area (Å²) in [5, 5.41) is 7.40. The van der Waals surface area contributed by atoms with Gasteiger partial charge in [0.25, 0.3) is 11.8 Å². The van der Waals surface area contributed by atoms with Gasteiger partial charge < -0.3 is 15.4 Å². The van der Waals surface area contributed by atoms with Gasteiger partial charge in [-0.3, -0.25) is 24.4 Å². The summed E-state index contributed by atoms with van der Waals surface area (Å²) < 4.78 is 5.13. The maximum atomic E-state index is 12.8. The highest BCUT2D eigenvalue weighted by Crippen LogP contribution is 2.25. The van der Waals surface area contributed by atoms with E-state index in [2.05, 4.69) is 10.6 Å². The highest BCUT2D eigenvalue weighted by molar-refractivity contribution is 6.02. The Morgan fingerprint density at radius 3 is 2.32 bits per heavy atom. The van der Waals surface area contributed by atoms with Crippen LogP contribution in [0.5, 0.6) is 0 Å². The van der Waals surface area contributed by atoms with Crippen LogP contribution in [0.4, 0.5) is 4.79 Å². The molecule has 1 aromatic carbocycles. The van der Waals surface area contributed by atoms with E-state index in [1.807, 2.05) is 0 Å². The average molecular weight is 390 g/mol. The number of ether oxygens (including phenoxy) is 1. The molecule has 0 spiro atoms. The number of hydrogen-bond acceptors (Lipinski definition) is 5. The van der Waals surface area contributed by atoms with Crippen molar-refractivity contribution in [1.82, 2.24) is 20.7 Å². The predicted molar refractivity (Wildman–Crippen MR) is 101 cm³/mol. The van der Waals surface area contributed by atoms with Gasteiger partial charge in [0.15, 0.2) is 0 Å². The molecule has 4 amide bonds. The number of carbonyl (C=O) groups is 4. The lowest BCUT2D eigenvalue weighted by Gasteiger charge is -2.28. The van der Waals surface area contributed by atoms with E-state index in [1.54, 1.807) is 45.0 Å². The van der Waals surface area contributed by atoms with Gasteiger partial charge in [-0.25, -0.2) is 4.79 Å². The van der Waals surface area contributed by atoms with Crippen LogP contribution >= 0.6 is 0 Å². The molecule has 28 heavy (non-hydrogen) atoms. The summed E-state index contributed by atoms with van der Waals surface area (Å²) in [5.74, 6) is -1.41. The number of likely N-dealkylation sites (N-methyl/N-ethyl adjacent to an activating group) is 1. The van der Waals surface area contributed by atoms with Crippen molar-refractivity contribution in [1.29, 1.82) is 0 Å². The van der Waals surface area contributed by atoms with Crippen molar-refractivity contribution in [3.8, 4) is 0 Å². The minimum Gasteiger partial charge on any atom is -0.444 e. The van der Waals surface area contributed by atoms with Crippen LogP contribution in [0.15, 0.2) is 24.3 Å². The summed E-state index contributed by atoms with van der Waals surface area (Å²) in [5.41, 5.74) is 0.0108. The van der Waals surface area contributed by atoms with E-state index in [4.69, 9.17) is 4.74 Å². The van der Waals surface area contributed by atoms with Crippen LogP contribution in [-0.2, 0) is 14.3 Å². The summed E-state index contributed by atoms with van der Waals surface area (Å²) in [4.78, 5) is 49.9. The monoisotopic (exact) mass is 390 g/mol. The molecular formula is C19H26N4O5. The summed E-state index contributed by atoms with van der Waals surface area (Å²) in [6.07, 6.45) is -0.741. The Bertz CT molecular complexity index is 802. The molecule has 0 radical (unpaired) electrons. The third-order valence-electron chi connectivity index (χ3n) is 4.23. The molecule has 2 atom stereocenters. The second-order valence-electron chi connectivity index (χ2n) is 7.59. The van der Waals surface area contributed by atoms with Crippen molar-refractivity contribution >= 4 is 23.8 Å². The number of rotatable bonds is 3. The van der Waals surface area contributed by atoms with E-state index < -0.39 is 35.6 Å². The average Bonchev–Trinajstić information content (AvgIpc) is 2.66. The molecule has 0 aromatic heterocycles. The van der Waals surface area contributed by atoms with E-state index in [-0.39, 0.29) is 5.91 Å². The Kier molecular flexibility index (Phi) is 5.96. The lowest BCUT2D eigenvalue weighted by Crippen LogP contribution is -2.51. The van der Waals surface area contributed by atoms with Gasteiger partial charge in [-0.05, 0) is 39.3 Å². The molecule has 1 aliphatic heterocycles. The smallest absolute Gasteiger partial charge is 0.408 e. The van der Waals surface area contributed by atoms with Crippen LogP contribution in [0.2, 0.25) is 0 Å². The Labute approximate surface area is 164 Å².